The van der Waals surface area contributed by atoms with Crippen LogP contribution in [-0.2, 0) is 13.1 Å². The van der Waals surface area contributed by atoms with Gasteiger partial charge in [0, 0.05) is 31.9 Å². The Morgan fingerprint density at radius 1 is 1.04 bits per heavy atom. The summed E-state index contributed by atoms with van der Waals surface area (Å²) in [6, 6.07) is 12.5. The number of halogens is 1. The zero-order chi connectivity index (χ0) is 20.5. The molecular formula is C21H28FN5O. The Hall–Kier alpha value is -3.09. The molecule has 2 aromatic carbocycles. The van der Waals surface area contributed by atoms with E-state index in [9.17, 15) is 9.18 Å². The predicted octanol–water partition coefficient (Wildman–Crippen LogP) is 3.53. The first-order valence-electron chi connectivity index (χ1n) is 9.23. The molecule has 0 radical (unpaired) electrons. The van der Waals surface area contributed by atoms with Crippen LogP contribution in [0.2, 0.25) is 0 Å². The van der Waals surface area contributed by atoms with Gasteiger partial charge >= 0.3 is 6.03 Å². The summed E-state index contributed by atoms with van der Waals surface area (Å²) in [6.45, 7) is 6.70. The van der Waals surface area contributed by atoms with Gasteiger partial charge in [0.05, 0.1) is 0 Å². The summed E-state index contributed by atoms with van der Waals surface area (Å²) in [5, 5.41) is 12.0. The van der Waals surface area contributed by atoms with Gasteiger partial charge in [-0.2, -0.15) is 0 Å². The number of nitrogens with one attached hydrogen (secondary N) is 4. The zero-order valence-electron chi connectivity index (χ0n) is 16.8. The van der Waals surface area contributed by atoms with Crippen molar-refractivity contribution in [1.82, 2.24) is 16.0 Å². The normalized spacial score (nSPS) is 11.3. The molecule has 0 aromatic heterocycles. The standard InChI is InChI=1S/C21H28FN5O/c1-14(2)26-21(28)27-18-8-5-16(6-9-18)12-24-20(23-4)25-13-17-7-10-19(22)15(3)11-17/h5-11,14H,12-13H2,1-4H3,(H2,23,24,25)(H2,26,27,28). The number of urea groups is 1. The van der Waals surface area contributed by atoms with Crippen molar-refractivity contribution in [3.8, 4) is 0 Å². The van der Waals surface area contributed by atoms with Crippen LogP contribution in [0, 0.1) is 12.7 Å². The van der Waals surface area contributed by atoms with Crippen LogP contribution >= 0.6 is 0 Å². The maximum Gasteiger partial charge on any atom is 0.319 e. The Kier molecular flexibility index (Phi) is 7.80. The van der Waals surface area contributed by atoms with Gasteiger partial charge in [-0.05, 0) is 55.7 Å². The molecule has 0 bridgehead atoms. The molecule has 28 heavy (non-hydrogen) atoms. The molecule has 0 saturated carbocycles. The van der Waals surface area contributed by atoms with Crippen molar-refractivity contribution in [2.75, 3.05) is 12.4 Å². The van der Waals surface area contributed by atoms with Gasteiger partial charge < -0.3 is 21.3 Å². The number of rotatable bonds is 6. The topological polar surface area (TPSA) is 77.5 Å². The highest BCUT2D eigenvalue weighted by Crippen LogP contribution is 2.10. The minimum atomic E-state index is -0.221. The summed E-state index contributed by atoms with van der Waals surface area (Å²) in [4.78, 5) is 15.9. The Morgan fingerprint density at radius 3 is 2.21 bits per heavy atom. The van der Waals surface area contributed by atoms with E-state index in [1.165, 1.54) is 6.07 Å². The van der Waals surface area contributed by atoms with Crippen LogP contribution in [0.1, 0.15) is 30.5 Å². The molecule has 7 heteroatoms. The van der Waals surface area contributed by atoms with Gasteiger partial charge in [-0.3, -0.25) is 4.99 Å². The van der Waals surface area contributed by atoms with Gasteiger partial charge in [0.2, 0.25) is 0 Å². The highest BCUT2D eigenvalue weighted by molar-refractivity contribution is 5.89. The van der Waals surface area contributed by atoms with Gasteiger partial charge in [0.1, 0.15) is 5.82 Å². The lowest BCUT2D eigenvalue weighted by Gasteiger charge is -2.13. The minimum absolute atomic E-state index is 0.0848. The number of anilines is 1. The molecule has 0 aliphatic heterocycles. The van der Waals surface area contributed by atoms with Crippen LogP contribution < -0.4 is 21.3 Å². The van der Waals surface area contributed by atoms with Gasteiger partial charge in [-0.1, -0.05) is 24.3 Å². The van der Waals surface area contributed by atoms with E-state index in [0.29, 0.717) is 24.6 Å². The average Bonchev–Trinajstić information content (AvgIpc) is 2.65. The average molecular weight is 385 g/mol. The van der Waals surface area contributed by atoms with Crippen LogP contribution in [0.4, 0.5) is 14.9 Å². The van der Waals surface area contributed by atoms with Crippen molar-refractivity contribution >= 4 is 17.7 Å². The number of aryl methyl sites for hydroxylation is 1. The van der Waals surface area contributed by atoms with E-state index in [-0.39, 0.29) is 17.9 Å². The summed E-state index contributed by atoms with van der Waals surface area (Å²) >= 11 is 0. The first-order chi connectivity index (χ1) is 13.4. The van der Waals surface area contributed by atoms with Crippen molar-refractivity contribution in [1.29, 1.82) is 0 Å². The highest BCUT2D eigenvalue weighted by atomic mass is 19.1. The zero-order valence-corrected chi connectivity index (χ0v) is 16.8. The van der Waals surface area contributed by atoms with Crippen LogP contribution in [0.25, 0.3) is 0 Å². The lowest BCUT2D eigenvalue weighted by atomic mass is 10.1. The van der Waals surface area contributed by atoms with Gasteiger partial charge in [-0.15, -0.1) is 0 Å². The maximum absolute atomic E-state index is 13.3. The third kappa shape index (κ3) is 6.90. The number of benzene rings is 2. The molecule has 4 N–H and O–H groups in total. The predicted molar refractivity (Wildman–Crippen MR) is 112 cm³/mol. The van der Waals surface area contributed by atoms with E-state index in [4.69, 9.17) is 0 Å². The van der Waals surface area contributed by atoms with E-state index in [2.05, 4.69) is 26.3 Å². The monoisotopic (exact) mass is 385 g/mol. The highest BCUT2D eigenvalue weighted by Gasteiger charge is 2.04. The number of carbonyl (C=O) groups excluding carboxylic acids is 1. The maximum atomic E-state index is 13.3. The van der Waals surface area contributed by atoms with E-state index >= 15 is 0 Å². The van der Waals surface area contributed by atoms with Gasteiger partial charge in [-0.25, -0.2) is 9.18 Å². The number of hydrogen-bond acceptors (Lipinski definition) is 2. The van der Waals surface area contributed by atoms with Crippen molar-refractivity contribution in [2.45, 2.75) is 39.9 Å². The van der Waals surface area contributed by atoms with Gasteiger partial charge in [0.15, 0.2) is 5.96 Å². The molecule has 0 heterocycles. The van der Waals surface area contributed by atoms with Gasteiger partial charge in [0.25, 0.3) is 0 Å². The summed E-state index contributed by atoms with van der Waals surface area (Å²) in [5.41, 5.74) is 3.39. The second-order valence-corrected chi connectivity index (χ2v) is 6.81. The number of hydrogen-bond donors (Lipinski definition) is 4. The number of amides is 2. The van der Waals surface area contributed by atoms with E-state index in [0.717, 1.165) is 16.8 Å². The van der Waals surface area contributed by atoms with Crippen molar-refractivity contribution in [3.63, 3.8) is 0 Å². The molecule has 0 aliphatic rings. The Labute approximate surface area is 165 Å². The van der Waals surface area contributed by atoms with Crippen molar-refractivity contribution in [3.05, 3.63) is 65.0 Å². The summed E-state index contributed by atoms with van der Waals surface area (Å²) < 4.78 is 13.3. The smallest absolute Gasteiger partial charge is 0.319 e. The second kappa shape index (κ2) is 10.3. The fourth-order valence-corrected chi connectivity index (χ4v) is 2.54. The van der Waals surface area contributed by atoms with E-state index < -0.39 is 0 Å². The molecule has 0 spiro atoms. The lowest BCUT2D eigenvalue weighted by Crippen LogP contribution is -2.36. The first kappa shape index (κ1) is 21.2. The Bertz CT molecular complexity index is 818. The number of carbonyl (C=O) groups is 1. The minimum Gasteiger partial charge on any atom is -0.352 e. The molecule has 6 nitrogen and oxygen atoms in total. The molecule has 2 amide bonds. The van der Waals surface area contributed by atoms with Crippen LogP contribution in [0.15, 0.2) is 47.5 Å². The molecule has 2 rings (SSSR count). The van der Waals surface area contributed by atoms with Crippen molar-refractivity contribution in [2.24, 2.45) is 4.99 Å². The van der Waals surface area contributed by atoms with Crippen LogP contribution in [-0.4, -0.2) is 25.1 Å². The third-order valence-corrected chi connectivity index (χ3v) is 4.00. The first-order valence-corrected chi connectivity index (χ1v) is 9.23. The Morgan fingerprint density at radius 2 is 1.64 bits per heavy atom. The SMILES string of the molecule is CN=C(NCc1ccc(NC(=O)NC(C)C)cc1)NCc1ccc(F)c(C)c1. The fraction of sp³-hybridized carbons (Fsp3) is 0.333. The summed E-state index contributed by atoms with van der Waals surface area (Å²) in [7, 11) is 1.70. The summed E-state index contributed by atoms with van der Waals surface area (Å²) in [5.74, 6) is 0.450. The largest absolute Gasteiger partial charge is 0.352 e. The molecule has 0 atom stereocenters. The molecule has 0 aliphatic carbocycles. The van der Waals surface area contributed by atoms with E-state index in [1.807, 2.05) is 44.2 Å². The molecule has 150 valence electrons. The number of aliphatic imine (C=N–C) groups is 1. The fourth-order valence-electron chi connectivity index (χ4n) is 2.54. The van der Waals surface area contributed by atoms with Crippen molar-refractivity contribution < 1.29 is 9.18 Å². The molecule has 0 fully saturated rings. The quantitative estimate of drug-likeness (QED) is 0.454. The Balaban J connectivity index is 1.82. The van der Waals surface area contributed by atoms with Crippen LogP contribution in [0.5, 0.6) is 0 Å². The summed E-state index contributed by atoms with van der Waals surface area (Å²) in [6.07, 6.45) is 0. The van der Waals surface area contributed by atoms with E-state index in [1.54, 1.807) is 20.0 Å². The second-order valence-electron chi connectivity index (χ2n) is 6.81. The lowest BCUT2D eigenvalue weighted by molar-refractivity contribution is 0.250. The molecule has 0 saturated heterocycles. The number of nitrogens with zero attached hydrogens (tertiary/aromatic N) is 1. The van der Waals surface area contributed by atoms with Crippen LogP contribution in [0.3, 0.4) is 0 Å². The molecule has 2 aromatic rings. The molecular weight excluding hydrogens is 357 g/mol. The molecule has 0 unspecified atom stereocenters. The third-order valence-electron chi connectivity index (χ3n) is 4.00. The number of guanidine groups is 1.